The van der Waals surface area contributed by atoms with Crippen LogP contribution in [-0.2, 0) is 27.4 Å². The van der Waals surface area contributed by atoms with Crippen LogP contribution in [0.25, 0.3) is 0 Å². The second-order valence-electron chi connectivity index (χ2n) is 9.84. The van der Waals surface area contributed by atoms with Gasteiger partial charge in [0.15, 0.2) is 11.5 Å². The number of halogens is 2. The molecular formula is C26H29Cl2NO7. The van der Waals surface area contributed by atoms with Crippen LogP contribution in [0.15, 0.2) is 36.4 Å². The Kier molecular flexibility index (Phi) is 8.10. The van der Waals surface area contributed by atoms with E-state index in [-0.39, 0.29) is 24.5 Å². The minimum atomic E-state index is -1.27. The standard InChI is InChI=1S/C26H29Cl2NO7/c1-25(2)16(9-10-26(25,3)24(34)35)22(31)29-19(23(32)33)11-14-7-8-21(20(30)12-14)36-13-15-17(27)5-4-6-18(15)28/h4-8,12,16,19,30H,9-11,13H2,1-3H3,(H,29,31)(H,32,33)(H,34,35)/t16-,19+,26+/m1/s1. The topological polar surface area (TPSA) is 133 Å². The van der Waals surface area contributed by atoms with E-state index < -0.39 is 40.6 Å². The summed E-state index contributed by atoms with van der Waals surface area (Å²) in [5, 5.41) is 33.2. The summed E-state index contributed by atoms with van der Waals surface area (Å²) in [7, 11) is 0. The highest BCUT2D eigenvalue weighted by Crippen LogP contribution is 2.56. The van der Waals surface area contributed by atoms with Crippen molar-refractivity contribution in [1.82, 2.24) is 5.32 Å². The van der Waals surface area contributed by atoms with Crippen LogP contribution < -0.4 is 10.1 Å². The first-order valence-electron chi connectivity index (χ1n) is 11.4. The molecule has 0 aliphatic heterocycles. The molecule has 3 rings (SSSR count). The molecule has 2 aromatic rings. The van der Waals surface area contributed by atoms with Crippen LogP contribution in [-0.4, -0.2) is 39.2 Å². The van der Waals surface area contributed by atoms with Crippen molar-refractivity contribution in [2.45, 2.75) is 52.7 Å². The molecule has 4 N–H and O–H groups in total. The van der Waals surface area contributed by atoms with Gasteiger partial charge in [0.2, 0.25) is 5.91 Å². The fourth-order valence-electron chi connectivity index (χ4n) is 4.68. The van der Waals surface area contributed by atoms with Crippen molar-refractivity contribution >= 4 is 41.0 Å². The maximum atomic E-state index is 13.0. The van der Waals surface area contributed by atoms with Gasteiger partial charge in [-0.05, 0) is 55.0 Å². The van der Waals surface area contributed by atoms with Crippen LogP contribution in [0.1, 0.15) is 44.7 Å². The summed E-state index contributed by atoms with van der Waals surface area (Å²) < 4.78 is 5.63. The third-order valence-electron chi connectivity index (χ3n) is 7.53. The van der Waals surface area contributed by atoms with Crippen LogP contribution in [0, 0.1) is 16.7 Å². The Labute approximate surface area is 219 Å². The number of carboxylic acid groups (broad SMARTS) is 2. The summed E-state index contributed by atoms with van der Waals surface area (Å²) in [6.45, 7) is 5.08. The molecule has 36 heavy (non-hydrogen) atoms. The van der Waals surface area contributed by atoms with Crippen LogP contribution >= 0.6 is 23.2 Å². The molecule has 0 saturated heterocycles. The lowest BCUT2D eigenvalue weighted by Gasteiger charge is -2.38. The average molecular weight is 538 g/mol. The summed E-state index contributed by atoms with van der Waals surface area (Å²) in [6, 6.07) is 8.23. The first-order chi connectivity index (χ1) is 16.8. The van der Waals surface area contributed by atoms with Crippen molar-refractivity contribution in [3.8, 4) is 11.5 Å². The van der Waals surface area contributed by atoms with Gasteiger partial charge in [-0.2, -0.15) is 0 Å². The van der Waals surface area contributed by atoms with Gasteiger partial charge in [-0.25, -0.2) is 4.79 Å². The summed E-state index contributed by atoms with van der Waals surface area (Å²) in [5.41, 5.74) is -0.937. The van der Waals surface area contributed by atoms with Crippen molar-refractivity contribution in [3.63, 3.8) is 0 Å². The number of benzene rings is 2. The Bertz CT molecular complexity index is 1160. The smallest absolute Gasteiger partial charge is 0.326 e. The van der Waals surface area contributed by atoms with Crippen LogP contribution in [0.4, 0.5) is 0 Å². The Morgan fingerprint density at radius 3 is 2.28 bits per heavy atom. The first kappa shape index (κ1) is 27.6. The molecular weight excluding hydrogens is 509 g/mol. The second-order valence-corrected chi connectivity index (χ2v) is 10.7. The lowest BCUT2D eigenvalue weighted by atomic mass is 9.65. The third kappa shape index (κ3) is 5.39. The molecule has 3 atom stereocenters. The molecule has 1 amide bonds. The molecule has 1 fully saturated rings. The van der Waals surface area contributed by atoms with Gasteiger partial charge in [-0.3, -0.25) is 9.59 Å². The maximum absolute atomic E-state index is 13.0. The molecule has 2 aromatic carbocycles. The number of hydrogen-bond donors (Lipinski definition) is 4. The monoisotopic (exact) mass is 537 g/mol. The Hall–Kier alpha value is -2.97. The van der Waals surface area contributed by atoms with E-state index >= 15 is 0 Å². The fraction of sp³-hybridized carbons (Fsp3) is 0.423. The van der Waals surface area contributed by atoms with Gasteiger partial charge in [0.1, 0.15) is 12.6 Å². The molecule has 0 spiro atoms. The number of phenols is 1. The maximum Gasteiger partial charge on any atom is 0.326 e. The van der Waals surface area contributed by atoms with E-state index in [2.05, 4.69) is 5.32 Å². The minimum Gasteiger partial charge on any atom is -0.504 e. The number of aromatic hydroxyl groups is 1. The second kappa shape index (κ2) is 10.6. The normalized spacial score (nSPS) is 21.5. The highest BCUT2D eigenvalue weighted by atomic mass is 35.5. The zero-order valence-electron chi connectivity index (χ0n) is 20.2. The summed E-state index contributed by atoms with van der Waals surface area (Å²) in [5.74, 6) is -3.42. The van der Waals surface area contributed by atoms with Crippen LogP contribution in [0.3, 0.4) is 0 Å². The molecule has 8 nitrogen and oxygen atoms in total. The highest BCUT2D eigenvalue weighted by molar-refractivity contribution is 6.35. The number of hydrogen-bond acceptors (Lipinski definition) is 5. The van der Waals surface area contributed by atoms with Gasteiger partial charge in [0.05, 0.1) is 5.41 Å². The van der Waals surface area contributed by atoms with Gasteiger partial charge in [0, 0.05) is 27.9 Å². The van der Waals surface area contributed by atoms with Crippen LogP contribution in [0.5, 0.6) is 11.5 Å². The van der Waals surface area contributed by atoms with Crippen molar-refractivity contribution in [2.75, 3.05) is 0 Å². The van der Waals surface area contributed by atoms with Crippen molar-refractivity contribution in [2.24, 2.45) is 16.7 Å². The molecule has 0 heterocycles. The van der Waals surface area contributed by atoms with E-state index in [9.17, 15) is 29.7 Å². The van der Waals surface area contributed by atoms with E-state index in [1.165, 1.54) is 12.1 Å². The van der Waals surface area contributed by atoms with Gasteiger partial charge in [0.25, 0.3) is 0 Å². The Morgan fingerprint density at radius 1 is 1.11 bits per heavy atom. The largest absolute Gasteiger partial charge is 0.504 e. The van der Waals surface area contributed by atoms with Crippen LogP contribution in [0.2, 0.25) is 10.0 Å². The highest BCUT2D eigenvalue weighted by Gasteiger charge is 2.58. The molecule has 1 aliphatic rings. The minimum absolute atomic E-state index is 0.0195. The number of aliphatic carboxylic acids is 2. The zero-order valence-corrected chi connectivity index (χ0v) is 21.7. The lowest BCUT2D eigenvalue weighted by molar-refractivity contribution is -0.155. The SMILES string of the molecule is CC1(C)[C@@H](C(=O)N[C@@H](Cc2ccc(OCc3c(Cl)cccc3Cl)c(O)c2)C(=O)O)CC[C@@]1(C)C(=O)O. The van der Waals surface area contributed by atoms with Gasteiger partial charge in [-0.15, -0.1) is 0 Å². The van der Waals surface area contributed by atoms with Gasteiger partial charge < -0.3 is 25.4 Å². The number of phenolic OH excluding ortho intramolecular Hbond substituents is 1. The first-order valence-corrected chi connectivity index (χ1v) is 12.2. The quantitative estimate of drug-likeness (QED) is 0.356. The zero-order chi connectivity index (χ0) is 26.8. The van der Waals surface area contributed by atoms with Crippen molar-refractivity contribution < 1.29 is 34.4 Å². The fourth-order valence-corrected chi connectivity index (χ4v) is 5.19. The van der Waals surface area contributed by atoms with E-state index in [4.69, 9.17) is 27.9 Å². The molecule has 10 heteroatoms. The molecule has 1 saturated carbocycles. The van der Waals surface area contributed by atoms with Crippen molar-refractivity contribution in [1.29, 1.82) is 0 Å². The van der Waals surface area contributed by atoms with E-state index in [0.717, 1.165) is 0 Å². The number of nitrogens with one attached hydrogen (secondary N) is 1. The predicted octanol–water partition coefficient (Wildman–Crippen LogP) is 4.92. The summed E-state index contributed by atoms with van der Waals surface area (Å²) >= 11 is 12.3. The van der Waals surface area contributed by atoms with E-state index in [1.807, 2.05) is 0 Å². The average Bonchev–Trinajstić information content (AvgIpc) is 3.04. The number of carbonyl (C=O) groups excluding carboxylic acids is 1. The van der Waals surface area contributed by atoms with E-state index in [1.54, 1.807) is 45.0 Å². The predicted molar refractivity (Wildman–Crippen MR) is 134 cm³/mol. The van der Waals surface area contributed by atoms with E-state index in [0.29, 0.717) is 34.0 Å². The molecule has 0 unspecified atom stereocenters. The summed E-state index contributed by atoms with van der Waals surface area (Å²) in [6.07, 6.45) is 0.574. The number of amides is 1. The number of ether oxygens (including phenoxy) is 1. The Balaban J connectivity index is 1.69. The molecule has 194 valence electrons. The number of rotatable bonds is 9. The number of carboxylic acids is 2. The van der Waals surface area contributed by atoms with Crippen molar-refractivity contribution in [3.05, 3.63) is 57.6 Å². The van der Waals surface area contributed by atoms with Gasteiger partial charge in [-0.1, -0.05) is 49.2 Å². The van der Waals surface area contributed by atoms with Gasteiger partial charge >= 0.3 is 11.9 Å². The summed E-state index contributed by atoms with van der Waals surface area (Å²) in [4.78, 5) is 36.7. The molecule has 0 radical (unpaired) electrons. The molecule has 0 bridgehead atoms. The Morgan fingerprint density at radius 2 is 1.75 bits per heavy atom. The molecule has 0 aromatic heterocycles. The third-order valence-corrected chi connectivity index (χ3v) is 8.23. The lowest BCUT2D eigenvalue weighted by Crippen LogP contribution is -2.49. The number of carbonyl (C=O) groups is 3. The molecule has 1 aliphatic carbocycles.